The van der Waals surface area contributed by atoms with E-state index in [2.05, 4.69) is 45.9 Å². The summed E-state index contributed by atoms with van der Waals surface area (Å²) in [5, 5.41) is 4.21. The number of hydrogen-bond acceptors (Lipinski definition) is 5. The van der Waals surface area contributed by atoms with Gasteiger partial charge in [-0.3, -0.25) is 4.79 Å². The van der Waals surface area contributed by atoms with Crippen molar-refractivity contribution in [3.05, 3.63) is 59.8 Å². The van der Waals surface area contributed by atoms with Gasteiger partial charge in [0, 0.05) is 29.6 Å². The maximum Gasteiger partial charge on any atom is 0.256 e. The third-order valence-electron chi connectivity index (χ3n) is 5.45. The topological polar surface area (TPSA) is 76.5 Å². The molecule has 30 heavy (non-hydrogen) atoms. The molecule has 2 unspecified atom stereocenters. The second-order valence-corrected chi connectivity index (χ2v) is 7.27. The van der Waals surface area contributed by atoms with E-state index in [-0.39, 0.29) is 18.1 Å². The fraction of sp³-hybridized carbons (Fsp3) is 0.348. The summed E-state index contributed by atoms with van der Waals surface area (Å²) in [5.41, 5.74) is 9.45. The Morgan fingerprint density at radius 1 is 1.17 bits per heavy atom. The number of aromatic nitrogens is 1. The number of amides is 1. The lowest BCUT2D eigenvalue weighted by Crippen LogP contribution is -2.44. The van der Waals surface area contributed by atoms with Crippen molar-refractivity contribution in [3.63, 3.8) is 0 Å². The minimum Gasteiger partial charge on any atom is -0.497 e. The quantitative estimate of drug-likeness (QED) is 0.559. The number of benzene rings is 2. The number of para-hydroxylation sites is 1. The lowest BCUT2D eigenvalue weighted by atomic mass is 10.1. The minimum atomic E-state index is -0.185. The number of aryl methyl sites for hydroxylation is 1. The molecule has 0 aliphatic carbocycles. The van der Waals surface area contributed by atoms with E-state index in [0.717, 1.165) is 24.1 Å². The van der Waals surface area contributed by atoms with Gasteiger partial charge < -0.3 is 19.4 Å². The molecule has 0 bridgehead atoms. The van der Waals surface area contributed by atoms with Crippen molar-refractivity contribution in [1.82, 2.24) is 20.7 Å². The molecule has 7 nitrogen and oxygen atoms in total. The molecule has 3 N–H and O–H groups in total. The third-order valence-corrected chi connectivity index (χ3v) is 5.45. The molecule has 1 aromatic heterocycles. The van der Waals surface area contributed by atoms with Crippen molar-refractivity contribution in [2.45, 2.75) is 39.0 Å². The highest BCUT2D eigenvalue weighted by molar-refractivity contribution is 5.97. The average Bonchev–Trinajstić information content (AvgIpc) is 3.37. The highest BCUT2D eigenvalue weighted by atomic mass is 16.5. The van der Waals surface area contributed by atoms with Crippen LogP contribution in [0.15, 0.2) is 48.5 Å². The van der Waals surface area contributed by atoms with Crippen LogP contribution < -0.4 is 25.6 Å². The fourth-order valence-electron chi connectivity index (χ4n) is 4.05. The van der Waals surface area contributed by atoms with Gasteiger partial charge in [-0.25, -0.2) is 10.9 Å². The molecule has 158 valence electrons. The molecular weight excluding hydrogens is 380 g/mol. The number of nitrogens with zero attached hydrogens (tertiary/aromatic N) is 1. The molecular formula is C23H28N4O3. The summed E-state index contributed by atoms with van der Waals surface area (Å²) in [5.74, 6) is 1.29. The van der Waals surface area contributed by atoms with Crippen LogP contribution in [0, 0.1) is 0 Å². The summed E-state index contributed by atoms with van der Waals surface area (Å²) in [4.78, 5) is 12.8. The molecule has 7 heteroatoms. The smallest absolute Gasteiger partial charge is 0.256 e. The van der Waals surface area contributed by atoms with Gasteiger partial charge in [0.15, 0.2) is 0 Å². The van der Waals surface area contributed by atoms with Crippen molar-refractivity contribution in [3.8, 4) is 11.5 Å². The van der Waals surface area contributed by atoms with Crippen molar-refractivity contribution in [1.29, 1.82) is 0 Å². The SMILES string of the molecule is CCOc1ccccc1C(=O)NC1CC(c2cc3cc(OC)ccc3n2CC)NN1. The van der Waals surface area contributed by atoms with E-state index >= 15 is 0 Å². The maximum absolute atomic E-state index is 12.8. The second kappa shape index (κ2) is 8.77. The monoisotopic (exact) mass is 408 g/mol. The Balaban J connectivity index is 1.50. The first-order valence-corrected chi connectivity index (χ1v) is 10.4. The van der Waals surface area contributed by atoms with Gasteiger partial charge in [-0.05, 0) is 50.2 Å². The van der Waals surface area contributed by atoms with E-state index in [4.69, 9.17) is 9.47 Å². The zero-order valence-corrected chi connectivity index (χ0v) is 17.6. The first-order chi connectivity index (χ1) is 14.6. The summed E-state index contributed by atoms with van der Waals surface area (Å²) in [6.07, 6.45) is 0.547. The predicted molar refractivity (Wildman–Crippen MR) is 117 cm³/mol. The molecule has 0 radical (unpaired) electrons. The average molecular weight is 409 g/mol. The highest BCUT2D eigenvalue weighted by Crippen LogP contribution is 2.30. The number of rotatable bonds is 7. The van der Waals surface area contributed by atoms with Gasteiger partial charge in [-0.15, -0.1) is 0 Å². The molecule has 0 spiro atoms. The molecule has 2 heterocycles. The number of carbonyl (C=O) groups excluding carboxylic acids is 1. The van der Waals surface area contributed by atoms with Crippen LogP contribution in [0.5, 0.6) is 11.5 Å². The Hall–Kier alpha value is -3.03. The zero-order chi connectivity index (χ0) is 21.1. The van der Waals surface area contributed by atoms with E-state index < -0.39 is 0 Å². The molecule has 4 rings (SSSR count). The van der Waals surface area contributed by atoms with E-state index in [1.54, 1.807) is 13.2 Å². The molecule has 1 saturated heterocycles. The van der Waals surface area contributed by atoms with E-state index in [0.29, 0.717) is 17.9 Å². The summed E-state index contributed by atoms with van der Waals surface area (Å²) in [6.45, 7) is 5.42. The summed E-state index contributed by atoms with van der Waals surface area (Å²) in [6, 6.07) is 15.7. The van der Waals surface area contributed by atoms with Gasteiger partial charge in [0.05, 0.1) is 31.5 Å². The van der Waals surface area contributed by atoms with Crippen molar-refractivity contribution in [2.75, 3.05) is 13.7 Å². The van der Waals surface area contributed by atoms with E-state index in [9.17, 15) is 4.79 Å². The predicted octanol–water partition coefficient (Wildman–Crippen LogP) is 3.36. The van der Waals surface area contributed by atoms with Crippen LogP contribution in [0.1, 0.15) is 42.4 Å². The Kier molecular flexibility index (Phi) is 5.92. The first kappa shape index (κ1) is 20.3. The summed E-state index contributed by atoms with van der Waals surface area (Å²) >= 11 is 0. The molecule has 3 aromatic rings. The zero-order valence-electron chi connectivity index (χ0n) is 17.6. The number of ether oxygens (including phenoxy) is 2. The van der Waals surface area contributed by atoms with Crippen molar-refractivity contribution < 1.29 is 14.3 Å². The van der Waals surface area contributed by atoms with Crippen molar-refractivity contribution >= 4 is 16.8 Å². The number of fused-ring (bicyclic) bond motifs is 1. The van der Waals surface area contributed by atoms with Gasteiger partial charge in [0.2, 0.25) is 0 Å². The summed E-state index contributed by atoms with van der Waals surface area (Å²) < 4.78 is 13.2. The summed E-state index contributed by atoms with van der Waals surface area (Å²) in [7, 11) is 1.68. The molecule has 2 atom stereocenters. The Morgan fingerprint density at radius 3 is 2.77 bits per heavy atom. The molecule has 0 saturated carbocycles. The highest BCUT2D eigenvalue weighted by Gasteiger charge is 2.29. The van der Waals surface area contributed by atoms with Crippen LogP contribution in [0.4, 0.5) is 0 Å². The van der Waals surface area contributed by atoms with Crippen LogP contribution in [0.3, 0.4) is 0 Å². The van der Waals surface area contributed by atoms with Gasteiger partial charge in [0.25, 0.3) is 5.91 Å². The van der Waals surface area contributed by atoms with E-state index in [1.165, 1.54) is 11.2 Å². The van der Waals surface area contributed by atoms with Crippen LogP contribution in [-0.4, -0.2) is 30.4 Å². The van der Waals surface area contributed by atoms with Crippen LogP contribution >= 0.6 is 0 Å². The standard InChI is InChI=1S/C23H28N4O3/c1-4-27-19-11-10-16(29-3)12-15(19)13-20(27)18-14-22(26-25-18)24-23(28)17-8-6-7-9-21(17)30-5-2/h6-13,18,22,25-26H,4-5,14H2,1-3H3,(H,24,28). The molecule has 1 amide bonds. The molecule has 2 aromatic carbocycles. The minimum absolute atomic E-state index is 0.0794. The normalized spacial score (nSPS) is 18.5. The van der Waals surface area contributed by atoms with Crippen LogP contribution in [0.25, 0.3) is 10.9 Å². The number of methoxy groups -OCH3 is 1. The lowest BCUT2D eigenvalue weighted by Gasteiger charge is -2.15. The van der Waals surface area contributed by atoms with E-state index in [1.807, 2.05) is 31.2 Å². The van der Waals surface area contributed by atoms with Gasteiger partial charge in [0.1, 0.15) is 11.5 Å². The maximum atomic E-state index is 12.8. The second-order valence-electron chi connectivity index (χ2n) is 7.27. The van der Waals surface area contributed by atoms with Gasteiger partial charge >= 0.3 is 0 Å². The third kappa shape index (κ3) is 3.86. The first-order valence-electron chi connectivity index (χ1n) is 10.4. The van der Waals surface area contributed by atoms with Gasteiger partial charge in [-0.2, -0.15) is 0 Å². The Morgan fingerprint density at radius 2 is 2.00 bits per heavy atom. The lowest BCUT2D eigenvalue weighted by molar-refractivity contribution is 0.0928. The largest absolute Gasteiger partial charge is 0.497 e. The van der Waals surface area contributed by atoms with Crippen LogP contribution in [0.2, 0.25) is 0 Å². The number of hydrazine groups is 1. The number of nitrogens with one attached hydrogen (secondary N) is 3. The number of hydrogen-bond donors (Lipinski definition) is 3. The Labute approximate surface area is 176 Å². The van der Waals surface area contributed by atoms with Crippen LogP contribution in [-0.2, 0) is 6.54 Å². The molecule has 1 fully saturated rings. The fourth-order valence-corrected chi connectivity index (χ4v) is 4.05. The Bertz CT molecular complexity index is 1050. The van der Waals surface area contributed by atoms with Crippen molar-refractivity contribution in [2.24, 2.45) is 0 Å². The van der Waals surface area contributed by atoms with Gasteiger partial charge in [-0.1, -0.05) is 12.1 Å². The number of carbonyl (C=O) groups is 1. The molecule has 1 aliphatic rings. The molecule has 1 aliphatic heterocycles.